The number of nitrogens with zero attached hydrogens (tertiary/aromatic N) is 2. The maximum Gasteiger partial charge on any atom is 0.0722 e. The van der Waals surface area contributed by atoms with Gasteiger partial charge in [0.25, 0.3) is 0 Å². The third-order valence-corrected chi connectivity index (χ3v) is 4.59. The smallest absolute Gasteiger partial charge is 0.0722 e. The van der Waals surface area contributed by atoms with Crippen molar-refractivity contribution in [1.82, 2.24) is 9.88 Å². The number of ether oxygens (including phenoxy) is 1. The largest absolute Gasteiger partial charge is 0.372 e. The average Bonchev–Trinajstić information content (AvgIpc) is 2.96. The van der Waals surface area contributed by atoms with Gasteiger partial charge >= 0.3 is 0 Å². The molecule has 2 aromatic rings. The molecule has 1 atom stereocenters. The van der Waals surface area contributed by atoms with Crippen LogP contribution in [0.2, 0.25) is 0 Å². The molecule has 0 bridgehead atoms. The fourth-order valence-corrected chi connectivity index (χ4v) is 3.05. The van der Waals surface area contributed by atoms with E-state index in [0.29, 0.717) is 12.7 Å². The van der Waals surface area contributed by atoms with Gasteiger partial charge in [0, 0.05) is 36.5 Å². The normalized spacial score (nSPS) is 19.0. The Bertz CT molecular complexity index is 576. The fourth-order valence-electron chi connectivity index (χ4n) is 2.64. The van der Waals surface area contributed by atoms with Crippen LogP contribution < -0.4 is 0 Å². The maximum atomic E-state index is 6.01. The number of likely N-dealkylation sites (tertiary alicyclic amines) is 1. The minimum absolute atomic E-state index is 0.334. The molecule has 1 aliphatic heterocycles. The highest BCUT2D eigenvalue weighted by Gasteiger charge is 2.23. The summed E-state index contributed by atoms with van der Waals surface area (Å²) in [6.07, 6.45) is 5.06. The lowest BCUT2D eigenvalue weighted by atomic mass is 10.2. The van der Waals surface area contributed by atoms with Crippen molar-refractivity contribution < 1.29 is 4.74 Å². The summed E-state index contributed by atoms with van der Waals surface area (Å²) in [5.74, 6) is 0. The molecule has 0 saturated carbocycles. The standard InChI is InChI=1S/C17H19BrN2O/c18-17-4-2-1-3-15(17)11-20-10-7-16(12-20)21-13-14-5-8-19-9-6-14/h1-6,8-9,16H,7,10-13H2. The number of hydrogen-bond acceptors (Lipinski definition) is 3. The van der Waals surface area contributed by atoms with Crippen LogP contribution in [0.5, 0.6) is 0 Å². The van der Waals surface area contributed by atoms with Gasteiger partial charge in [-0.3, -0.25) is 9.88 Å². The first-order chi connectivity index (χ1) is 10.3. The third kappa shape index (κ3) is 4.13. The van der Waals surface area contributed by atoms with Gasteiger partial charge in [-0.1, -0.05) is 34.1 Å². The van der Waals surface area contributed by atoms with Gasteiger partial charge in [-0.25, -0.2) is 0 Å². The molecule has 4 heteroatoms. The molecule has 1 unspecified atom stereocenters. The Hall–Kier alpha value is -1.23. The number of pyridine rings is 1. The summed E-state index contributed by atoms with van der Waals surface area (Å²) < 4.78 is 7.19. The van der Waals surface area contributed by atoms with E-state index in [1.54, 1.807) is 0 Å². The van der Waals surface area contributed by atoms with Crippen molar-refractivity contribution in [3.05, 3.63) is 64.4 Å². The Kier molecular flexibility index (Phi) is 5.01. The van der Waals surface area contributed by atoms with Gasteiger partial charge in [0.05, 0.1) is 12.7 Å². The zero-order valence-electron chi connectivity index (χ0n) is 11.9. The second kappa shape index (κ2) is 7.16. The molecular formula is C17H19BrN2O. The van der Waals surface area contributed by atoms with Crippen LogP contribution in [0.15, 0.2) is 53.3 Å². The van der Waals surface area contributed by atoms with Crippen molar-refractivity contribution >= 4 is 15.9 Å². The first kappa shape index (κ1) is 14.7. The van der Waals surface area contributed by atoms with E-state index in [0.717, 1.165) is 26.1 Å². The predicted molar refractivity (Wildman–Crippen MR) is 86.9 cm³/mol. The molecule has 1 aromatic carbocycles. The highest BCUT2D eigenvalue weighted by molar-refractivity contribution is 9.10. The van der Waals surface area contributed by atoms with E-state index >= 15 is 0 Å². The van der Waals surface area contributed by atoms with E-state index in [4.69, 9.17) is 4.74 Å². The minimum atomic E-state index is 0.334. The molecule has 0 aliphatic carbocycles. The molecule has 0 N–H and O–H groups in total. The van der Waals surface area contributed by atoms with Crippen LogP contribution in [0.4, 0.5) is 0 Å². The highest BCUT2D eigenvalue weighted by Crippen LogP contribution is 2.21. The number of rotatable bonds is 5. The molecule has 1 saturated heterocycles. The van der Waals surface area contributed by atoms with Crippen LogP contribution in [0.3, 0.4) is 0 Å². The van der Waals surface area contributed by atoms with E-state index in [-0.39, 0.29) is 0 Å². The number of benzene rings is 1. The van der Waals surface area contributed by atoms with E-state index in [2.05, 4.69) is 50.1 Å². The van der Waals surface area contributed by atoms with E-state index in [9.17, 15) is 0 Å². The average molecular weight is 347 g/mol. The Balaban J connectivity index is 1.48. The van der Waals surface area contributed by atoms with Crippen LogP contribution in [0, 0.1) is 0 Å². The summed E-state index contributed by atoms with van der Waals surface area (Å²) in [7, 11) is 0. The summed E-state index contributed by atoms with van der Waals surface area (Å²) in [6.45, 7) is 3.77. The molecular weight excluding hydrogens is 328 g/mol. The van der Waals surface area contributed by atoms with Gasteiger partial charge in [-0.05, 0) is 35.7 Å². The lowest BCUT2D eigenvalue weighted by molar-refractivity contribution is 0.0461. The zero-order chi connectivity index (χ0) is 14.5. The van der Waals surface area contributed by atoms with E-state index in [1.165, 1.54) is 15.6 Å². The SMILES string of the molecule is Brc1ccccc1CN1CCC(OCc2ccncc2)C1. The van der Waals surface area contributed by atoms with Crippen molar-refractivity contribution in [2.75, 3.05) is 13.1 Å². The minimum Gasteiger partial charge on any atom is -0.372 e. The molecule has 1 aromatic heterocycles. The first-order valence-corrected chi connectivity index (χ1v) is 8.07. The predicted octanol–water partition coefficient (Wildman–Crippen LogP) is 3.64. The molecule has 3 rings (SSSR count). The second-order valence-corrected chi connectivity index (χ2v) is 6.26. The van der Waals surface area contributed by atoms with Gasteiger partial charge in [0.2, 0.25) is 0 Å². The number of hydrogen-bond donors (Lipinski definition) is 0. The van der Waals surface area contributed by atoms with Gasteiger partial charge in [0.15, 0.2) is 0 Å². The van der Waals surface area contributed by atoms with E-state index in [1.807, 2.05) is 24.5 Å². The summed E-state index contributed by atoms with van der Waals surface area (Å²) in [6, 6.07) is 12.4. The lowest BCUT2D eigenvalue weighted by Crippen LogP contribution is -2.23. The third-order valence-electron chi connectivity index (χ3n) is 3.82. The molecule has 0 spiro atoms. The quantitative estimate of drug-likeness (QED) is 0.826. The first-order valence-electron chi connectivity index (χ1n) is 7.27. The maximum absolute atomic E-state index is 6.01. The fraction of sp³-hybridized carbons (Fsp3) is 0.353. The molecule has 0 radical (unpaired) electrons. The van der Waals surface area contributed by atoms with Crippen molar-refractivity contribution in [2.24, 2.45) is 0 Å². The van der Waals surface area contributed by atoms with Gasteiger partial charge in [-0.2, -0.15) is 0 Å². The molecule has 1 aliphatic rings. The lowest BCUT2D eigenvalue weighted by Gasteiger charge is -2.17. The topological polar surface area (TPSA) is 25.4 Å². The summed E-state index contributed by atoms with van der Waals surface area (Å²) in [5, 5.41) is 0. The van der Waals surface area contributed by atoms with Crippen LogP contribution in [-0.2, 0) is 17.9 Å². The van der Waals surface area contributed by atoms with Gasteiger partial charge in [-0.15, -0.1) is 0 Å². The molecule has 21 heavy (non-hydrogen) atoms. The molecule has 1 fully saturated rings. The van der Waals surface area contributed by atoms with Crippen molar-refractivity contribution in [3.63, 3.8) is 0 Å². The molecule has 110 valence electrons. The molecule has 0 amide bonds. The van der Waals surface area contributed by atoms with Gasteiger partial charge < -0.3 is 4.74 Å². The molecule has 3 nitrogen and oxygen atoms in total. The Morgan fingerprint density at radius 1 is 1.19 bits per heavy atom. The van der Waals surface area contributed by atoms with Crippen LogP contribution in [-0.4, -0.2) is 29.1 Å². The van der Waals surface area contributed by atoms with Crippen molar-refractivity contribution in [1.29, 1.82) is 0 Å². The zero-order valence-corrected chi connectivity index (χ0v) is 13.5. The van der Waals surface area contributed by atoms with Crippen molar-refractivity contribution in [3.8, 4) is 0 Å². The Labute approximate surface area is 134 Å². The number of halogens is 1. The second-order valence-electron chi connectivity index (χ2n) is 5.40. The van der Waals surface area contributed by atoms with Crippen LogP contribution in [0.1, 0.15) is 17.5 Å². The van der Waals surface area contributed by atoms with Gasteiger partial charge in [0.1, 0.15) is 0 Å². The Morgan fingerprint density at radius 2 is 2.00 bits per heavy atom. The van der Waals surface area contributed by atoms with Crippen LogP contribution in [0.25, 0.3) is 0 Å². The monoisotopic (exact) mass is 346 g/mol. The van der Waals surface area contributed by atoms with Crippen LogP contribution >= 0.6 is 15.9 Å². The highest BCUT2D eigenvalue weighted by atomic mass is 79.9. The number of aromatic nitrogens is 1. The summed E-state index contributed by atoms with van der Waals surface area (Å²) >= 11 is 3.62. The summed E-state index contributed by atoms with van der Waals surface area (Å²) in [4.78, 5) is 6.48. The Morgan fingerprint density at radius 3 is 2.81 bits per heavy atom. The molecule has 2 heterocycles. The van der Waals surface area contributed by atoms with Crippen molar-refractivity contribution in [2.45, 2.75) is 25.7 Å². The van der Waals surface area contributed by atoms with E-state index < -0.39 is 0 Å². The summed E-state index contributed by atoms with van der Waals surface area (Å²) in [5.41, 5.74) is 2.53.